The van der Waals surface area contributed by atoms with Crippen LogP contribution in [0.1, 0.15) is 15.9 Å². The molecule has 0 bridgehead atoms. The van der Waals surface area contributed by atoms with Gasteiger partial charge in [0.05, 0.1) is 29.8 Å². The number of hydrogen-bond donors (Lipinski definition) is 2. The van der Waals surface area contributed by atoms with Gasteiger partial charge in [-0.05, 0) is 42.0 Å². The predicted molar refractivity (Wildman–Crippen MR) is 108 cm³/mol. The maximum absolute atomic E-state index is 14.1. The molecule has 0 radical (unpaired) electrons. The molecule has 3 N–H and O–H groups in total. The smallest absolute Gasteiger partial charge is 0.380 e. The maximum Gasteiger partial charge on any atom is 0.380 e. The molecule has 0 spiro atoms. The van der Waals surface area contributed by atoms with Gasteiger partial charge in [-0.25, -0.2) is 27.3 Å². The zero-order chi connectivity index (χ0) is 23.5. The minimum absolute atomic E-state index is 0.00622. The van der Waals surface area contributed by atoms with Gasteiger partial charge in [-0.1, -0.05) is 0 Å². The number of esters is 1. The Kier molecular flexibility index (Phi) is 6.42. The van der Waals surface area contributed by atoms with E-state index >= 15 is 0 Å². The number of carbonyl (C=O) groups is 1. The predicted octanol–water partition coefficient (Wildman–Crippen LogP) is 0.635. The third-order valence-electron chi connectivity index (χ3n) is 3.90. The number of nitrogens with two attached hydrogens (primary N) is 1. The van der Waals surface area contributed by atoms with Crippen molar-refractivity contribution in [2.75, 3.05) is 11.8 Å². The lowest BCUT2D eigenvalue weighted by Crippen LogP contribution is -2.20. The van der Waals surface area contributed by atoms with E-state index in [0.717, 1.165) is 12.1 Å². The molecule has 3 aromatic rings. The van der Waals surface area contributed by atoms with E-state index in [1.807, 2.05) is 0 Å². The first-order chi connectivity index (χ1) is 15.0. The van der Waals surface area contributed by atoms with Crippen molar-refractivity contribution in [3.05, 3.63) is 66.0 Å². The first-order valence-electron chi connectivity index (χ1n) is 8.56. The lowest BCUT2D eigenvalue weighted by Gasteiger charge is -2.12. The van der Waals surface area contributed by atoms with Gasteiger partial charge in [0.25, 0.3) is 10.0 Å². The van der Waals surface area contributed by atoms with Crippen LogP contribution in [0.5, 0.6) is 5.75 Å². The summed E-state index contributed by atoms with van der Waals surface area (Å²) in [4.78, 5) is 15.3. The van der Waals surface area contributed by atoms with E-state index in [1.165, 1.54) is 42.6 Å². The van der Waals surface area contributed by atoms with Crippen LogP contribution in [0, 0.1) is 5.82 Å². The van der Waals surface area contributed by atoms with Crippen molar-refractivity contribution < 1.29 is 34.9 Å². The Bertz CT molecular complexity index is 1360. The van der Waals surface area contributed by atoms with E-state index < -0.39 is 42.8 Å². The SMILES string of the molecule is COC(=O)c1cc(Cn2cncn2)cc(NS(=O)(=O)c2ccc(OS(N)(=O)=O)c(F)c2)c1. The molecule has 0 saturated heterocycles. The first kappa shape index (κ1) is 23.1. The summed E-state index contributed by atoms with van der Waals surface area (Å²) in [6, 6.07) is 6.46. The summed E-state index contributed by atoms with van der Waals surface area (Å²) in [6.45, 7) is 0.174. The Morgan fingerprint density at radius 2 is 1.94 bits per heavy atom. The highest BCUT2D eigenvalue weighted by atomic mass is 32.2. The van der Waals surface area contributed by atoms with Crippen molar-refractivity contribution in [3.63, 3.8) is 0 Å². The topological polar surface area (TPSA) is 173 Å². The molecule has 15 heteroatoms. The van der Waals surface area contributed by atoms with Crippen molar-refractivity contribution in [2.24, 2.45) is 5.14 Å². The van der Waals surface area contributed by atoms with Crippen LogP contribution in [0.25, 0.3) is 0 Å². The van der Waals surface area contributed by atoms with Gasteiger partial charge in [0.1, 0.15) is 12.7 Å². The number of rotatable bonds is 8. The summed E-state index contributed by atoms with van der Waals surface area (Å²) < 4.78 is 74.1. The monoisotopic (exact) mass is 485 g/mol. The fraction of sp³-hybridized carbons (Fsp3) is 0.118. The lowest BCUT2D eigenvalue weighted by molar-refractivity contribution is 0.0600. The first-order valence-corrected chi connectivity index (χ1v) is 11.5. The normalized spacial score (nSPS) is 11.7. The summed E-state index contributed by atoms with van der Waals surface area (Å²) >= 11 is 0. The largest absolute Gasteiger partial charge is 0.465 e. The van der Waals surface area contributed by atoms with Crippen molar-refractivity contribution in [2.45, 2.75) is 11.4 Å². The van der Waals surface area contributed by atoms with Crippen LogP contribution in [-0.2, 0) is 31.6 Å². The molecule has 1 heterocycles. The van der Waals surface area contributed by atoms with E-state index in [9.17, 15) is 26.0 Å². The molecule has 0 amide bonds. The van der Waals surface area contributed by atoms with Crippen LogP contribution in [-0.4, -0.2) is 44.7 Å². The van der Waals surface area contributed by atoms with E-state index in [4.69, 9.17) is 4.74 Å². The summed E-state index contributed by atoms with van der Waals surface area (Å²) in [5.74, 6) is -2.74. The molecule has 0 aliphatic rings. The van der Waals surface area contributed by atoms with Crippen LogP contribution >= 0.6 is 0 Å². The molecule has 0 aliphatic carbocycles. The second-order valence-corrected chi connectivity index (χ2v) is 9.11. The molecule has 0 aliphatic heterocycles. The molecule has 0 fully saturated rings. The van der Waals surface area contributed by atoms with Crippen molar-refractivity contribution >= 4 is 32.0 Å². The average Bonchev–Trinajstić information content (AvgIpc) is 3.20. The highest BCUT2D eigenvalue weighted by molar-refractivity contribution is 7.92. The minimum Gasteiger partial charge on any atom is -0.465 e. The fourth-order valence-corrected chi connectivity index (χ4v) is 4.07. The number of nitrogens with zero attached hydrogens (tertiary/aromatic N) is 3. The third-order valence-corrected chi connectivity index (χ3v) is 5.69. The molecular weight excluding hydrogens is 469 g/mol. The van der Waals surface area contributed by atoms with Crippen LogP contribution in [0.4, 0.5) is 10.1 Å². The molecule has 0 unspecified atom stereocenters. The zero-order valence-electron chi connectivity index (χ0n) is 16.3. The zero-order valence-corrected chi connectivity index (χ0v) is 17.9. The Balaban J connectivity index is 1.93. The molecule has 170 valence electrons. The van der Waals surface area contributed by atoms with Gasteiger partial charge in [0.2, 0.25) is 0 Å². The fourth-order valence-electron chi connectivity index (χ4n) is 2.63. The van der Waals surface area contributed by atoms with Gasteiger partial charge < -0.3 is 8.92 Å². The second-order valence-electron chi connectivity index (χ2n) is 6.28. The number of ether oxygens (including phenoxy) is 1. The number of benzene rings is 2. The molecule has 12 nitrogen and oxygen atoms in total. The summed E-state index contributed by atoms with van der Waals surface area (Å²) in [5, 5.41) is 8.63. The Hall–Kier alpha value is -3.56. The Morgan fingerprint density at radius 3 is 2.53 bits per heavy atom. The maximum atomic E-state index is 14.1. The van der Waals surface area contributed by atoms with E-state index in [1.54, 1.807) is 0 Å². The highest BCUT2D eigenvalue weighted by Gasteiger charge is 2.20. The van der Waals surface area contributed by atoms with Crippen molar-refractivity contribution in [1.82, 2.24) is 14.8 Å². The van der Waals surface area contributed by atoms with Gasteiger partial charge in [-0.2, -0.15) is 18.7 Å². The number of methoxy groups -OCH3 is 1. The highest BCUT2D eigenvalue weighted by Crippen LogP contribution is 2.25. The molecular formula is C17H16FN5O7S2. The number of sulfonamides is 1. The number of anilines is 1. The van der Waals surface area contributed by atoms with Gasteiger partial charge in [-0.15, -0.1) is 0 Å². The van der Waals surface area contributed by atoms with E-state index in [2.05, 4.69) is 24.1 Å². The standard InChI is InChI=1S/C17H16FN5O7S2/c1-29-17(24)12-4-11(8-23-10-20-9-21-23)5-13(6-12)22-31(25,26)14-2-3-16(15(18)7-14)30-32(19,27)28/h2-7,9-10,22H,8H2,1H3,(H2,19,27,28). The molecule has 1 aromatic heterocycles. The number of carbonyl (C=O) groups excluding carboxylic acids is 1. The van der Waals surface area contributed by atoms with Gasteiger partial charge >= 0.3 is 16.3 Å². The molecule has 3 rings (SSSR count). The van der Waals surface area contributed by atoms with Crippen molar-refractivity contribution in [1.29, 1.82) is 0 Å². The molecule has 0 saturated carbocycles. The molecule has 32 heavy (non-hydrogen) atoms. The van der Waals surface area contributed by atoms with Crippen LogP contribution in [0.15, 0.2) is 53.9 Å². The second kappa shape index (κ2) is 8.89. The molecule has 0 atom stereocenters. The van der Waals surface area contributed by atoms with Crippen LogP contribution in [0.2, 0.25) is 0 Å². The average molecular weight is 485 g/mol. The minimum atomic E-state index is -4.50. The lowest BCUT2D eigenvalue weighted by atomic mass is 10.1. The van der Waals surface area contributed by atoms with Crippen LogP contribution < -0.4 is 14.0 Å². The summed E-state index contributed by atoms with van der Waals surface area (Å²) in [7, 11) is -7.67. The quantitative estimate of drug-likeness (QED) is 0.434. The van der Waals surface area contributed by atoms with E-state index in [0.29, 0.717) is 11.6 Å². The van der Waals surface area contributed by atoms with Crippen molar-refractivity contribution in [3.8, 4) is 5.75 Å². The summed E-state index contributed by atoms with van der Waals surface area (Å²) in [6.07, 6.45) is 2.74. The Morgan fingerprint density at radius 1 is 1.19 bits per heavy atom. The summed E-state index contributed by atoms with van der Waals surface area (Å²) in [5.41, 5.74) is 0.554. The Labute approximate surface area is 182 Å². The number of nitrogens with one attached hydrogen (secondary N) is 1. The number of halogens is 1. The van der Waals surface area contributed by atoms with E-state index in [-0.39, 0.29) is 17.8 Å². The number of hydrogen-bond acceptors (Lipinski definition) is 9. The number of aromatic nitrogens is 3. The third kappa shape index (κ3) is 5.77. The van der Waals surface area contributed by atoms with Gasteiger partial charge in [0.15, 0.2) is 11.6 Å². The van der Waals surface area contributed by atoms with Crippen LogP contribution in [0.3, 0.4) is 0 Å². The van der Waals surface area contributed by atoms with Gasteiger partial charge in [0, 0.05) is 0 Å². The molecule has 2 aromatic carbocycles. The van der Waals surface area contributed by atoms with Gasteiger partial charge in [-0.3, -0.25) is 4.72 Å².